The summed E-state index contributed by atoms with van der Waals surface area (Å²) in [6.45, 7) is 6.43. The molecule has 1 aromatic rings. The maximum atomic E-state index is 10.8. The molecule has 90 valence electrons. The molecule has 0 radical (unpaired) electrons. The molecule has 16 heavy (non-hydrogen) atoms. The van der Waals surface area contributed by atoms with Gasteiger partial charge in [0.05, 0.1) is 12.6 Å². The number of aryl methyl sites for hydroxylation is 1. The van der Waals surface area contributed by atoms with Crippen molar-refractivity contribution in [3.63, 3.8) is 0 Å². The largest absolute Gasteiger partial charge is 0.481 e. The van der Waals surface area contributed by atoms with E-state index in [1.54, 1.807) is 10.9 Å². The molecule has 5 nitrogen and oxygen atoms in total. The topological polar surface area (TPSA) is 81.1 Å². The molecule has 0 aromatic carbocycles. The number of aliphatic carboxylic acids is 1. The number of rotatable bonds is 5. The first-order valence-electron chi connectivity index (χ1n) is 5.37. The van der Waals surface area contributed by atoms with Crippen molar-refractivity contribution in [2.45, 2.75) is 45.2 Å². The third-order valence-corrected chi connectivity index (χ3v) is 2.66. The minimum absolute atomic E-state index is 0.0267. The summed E-state index contributed by atoms with van der Waals surface area (Å²) in [5, 5.41) is 13.0. The molecule has 0 amide bonds. The molecule has 0 saturated carbocycles. The minimum atomic E-state index is -0.840. The second kappa shape index (κ2) is 4.65. The number of hydrogen-bond donors (Lipinski definition) is 2. The molecule has 3 N–H and O–H groups in total. The van der Waals surface area contributed by atoms with Crippen LogP contribution in [0.15, 0.2) is 12.4 Å². The van der Waals surface area contributed by atoms with Gasteiger partial charge in [0.1, 0.15) is 0 Å². The van der Waals surface area contributed by atoms with Crippen molar-refractivity contribution in [3.05, 3.63) is 18.0 Å². The maximum absolute atomic E-state index is 10.8. The Kier molecular flexibility index (Phi) is 3.70. The van der Waals surface area contributed by atoms with Gasteiger partial charge in [0, 0.05) is 24.2 Å². The second-order valence-electron chi connectivity index (χ2n) is 4.60. The van der Waals surface area contributed by atoms with Gasteiger partial charge in [0.2, 0.25) is 0 Å². The highest BCUT2D eigenvalue weighted by atomic mass is 16.4. The Hall–Kier alpha value is -1.36. The fourth-order valence-corrected chi connectivity index (χ4v) is 1.72. The standard InChI is InChI=1S/C11H19N3O2/c1-4-14-7-8(6-13-14)9(5-10(15)16)11(2,3)12/h6-7,9H,4-5,12H2,1-3H3,(H,15,16). The SMILES string of the molecule is CCn1cc(C(CC(=O)O)C(C)(C)N)cn1. The first-order chi connectivity index (χ1) is 7.34. The Labute approximate surface area is 95.3 Å². The number of aromatic nitrogens is 2. The monoisotopic (exact) mass is 225 g/mol. The fraction of sp³-hybridized carbons (Fsp3) is 0.636. The highest BCUT2D eigenvalue weighted by Gasteiger charge is 2.29. The predicted molar refractivity (Wildman–Crippen MR) is 61.2 cm³/mol. The highest BCUT2D eigenvalue weighted by molar-refractivity contribution is 5.68. The molecule has 0 aliphatic carbocycles. The highest BCUT2D eigenvalue weighted by Crippen LogP contribution is 2.29. The van der Waals surface area contributed by atoms with Gasteiger partial charge in [-0.2, -0.15) is 5.10 Å². The average molecular weight is 225 g/mol. The van der Waals surface area contributed by atoms with Gasteiger partial charge in [-0.15, -0.1) is 0 Å². The van der Waals surface area contributed by atoms with E-state index in [-0.39, 0.29) is 12.3 Å². The van der Waals surface area contributed by atoms with Crippen molar-refractivity contribution in [1.29, 1.82) is 0 Å². The number of hydrogen-bond acceptors (Lipinski definition) is 3. The van der Waals surface area contributed by atoms with Crippen LogP contribution in [0.5, 0.6) is 0 Å². The number of carboxylic acid groups (broad SMARTS) is 1. The van der Waals surface area contributed by atoms with Gasteiger partial charge in [-0.25, -0.2) is 0 Å². The van der Waals surface area contributed by atoms with Gasteiger partial charge in [-0.3, -0.25) is 9.48 Å². The quantitative estimate of drug-likeness (QED) is 0.789. The summed E-state index contributed by atoms with van der Waals surface area (Å²) in [4.78, 5) is 10.8. The van der Waals surface area contributed by atoms with Gasteiger partial charge < -0.3 is 10.8 Å². The molecule has 1 heterocycles. The van der Waals surface area contributed by atoms with Crippen molar-refractivity contribution in [1.82, 2.24) is 9.78 Å². The van der Waals surface area contributed by atoms with E-state index in [1.165, 1.54) is 0 Å². The van der Waals surface area contributed by atoms with E-state index >= 15 is 0 Å². The molecule has 0 fully saturated rings. The zero-order chi connectivity index (χ0) is 12.3. The molecule has 0 saturated heterocycles. The summed E-state index contributed by atoms with van der Waals surface area (Å²) in [6, 6.07) is 0. The lowest BCUT2D eigenvalue weighted by molar-refractivity contribution is -0.137. The second-order valence-corrected chi connectivity index (χ2v) is 4.60. The van der Waals surface area contributed by atoms with E-state index in [2.05, 4.69) is 5.10 Å². The van der Waals surface area contributed by atoms with Crippen LogP contribution in [0, 0.1) is 0 Å². The Morgan fingerprint density at radius 2 is 2.31 bits per heavy atom. The van der Waals surface area contributed by atoms with Crippen LogP contribution in [-0.2, 0) is 11.3 Å². The Morgan fingerprint density at radius 3 is 2.69 bits per heavy atom. The van der Waals surface area contributed by atoms with Crippen molar-refractivity contribution < 1.29 is 9.90 Å². The van der Waals surface area contributed by atoms with Crippen LogP contribution in [0.25, 0.3) is 0 Å². The summed E-state index contributed by atoms with van der Waals surface area (Å²) >= 11 is 0. The van der Waals surface area contributed by atoms with E-state index in [1.807, 2.05) is 27.0 Å². The van der Waals surface area contributed by atoms with Crippen LogP contribution >= 0.6 is 0 Å². The first kappa shape index (κ1) is 12.7. The van der Waals surface area contributed by atoms with E-state index in [0.717, 1.165) is 12.1 Å². The summed E-state index contributed by atoms with van der Waals surface area (Å²) in [5.74, 6) is -1.06. The lowest BCUT2D eigenvalue weighted by atomic mass is 9.82. The molecular formula is C11H19N3O2. The number of carbonyl (C=O) groups is 1. The van der Waals surface area contributed by atoms with E-state index in [0.29, 0.717) is 0 Å². The third kappa shape index (κ3) is 3.06. The van der Waals surface area contributed by atoms with Crippen molar-refractivity contribution in [3.8, 4) is 0 Å². The summed E-state index contributed by atoms with van der Waals surface area (Å²) in [6.07, 6.45) is 3.59. The Balaban J connectivity index is 2.96. The van der Waals surface area contributed by atoms with Gasteiger partial charge in [0.15, 0.2) is 0 Å². The summed E-state index contributed by atoms with van der Waals surface area (Å²) in [5.41, 5.74) is 6.33. The normalized spacial score (nSPS) is 13.8. The lowest BCUT2D eigenvalue weighted by Crippen LogP contribution is -2.40. The lowest BCUT2D eigenvalue weighted by Gasteiger charge is -2.28. The van der Waals surface area contributed by atoms with Crippen molar-refractivity contribution in [2.24, 2.45) is 5.73 Å². The molecule has 1 unspecified atom stereocenters. The van der Waals surface area contributed by atoms with E-state index in [9.17, 15) is 4.79 Å². The van der Waals surface area contributed by atoms with Crippen molar-refractivity contribution in [2.75, 3.05) is 0 Å². The zero-order valence-corrected chi connectivity index (χ0v) is 9.97. The van der Waals surface area contributed by atoms with E-state index < -0.39 is 11.5 Å². The van der Waals surface area contributed by atoms with Crippen LogP contribution in [-0.4, -0.2) is 26.4 Å². The number of carboxylic acids is 1. The Morgan fingerprint density at radius 1 is 1.69 bits per heavy atom. The van der Waals surface area contributed by atoms with Gasteiger partial charge >= 0.3 is 5.97 Å². The molecule has 5 heteroatoms. The first-order valence-corrected chi connectivity index (χ1v) is 5.37. The number of nitrogens with zero attached hydrogens (tertiary/aromatic N) is 2. The number of nitrogens with two attached hydrogens (primary N) is 1. The smallest absolute Gasteiger partial charge is 0.304 e. The van der Waals surface area contributed by atoms with Crippen molar-refractivity contribution >= 4 is 5.97 Å². The third-order valence-electron chi connectivity index (χ3n) is 2.66. The minimum Gasteiger partial charge on any atom is -0.481 e. The molecule has 1 rings (SSSR count). The summed E-state index contributed by atoms with van der Waals surface area (Å²) < 4.78 is 1.77. The summed E-state index contributed by atoms with van der Waals surface area (Å²) in [7, 11) is 0. The predicted octanol–water partition coefficient (Wildman–Crippen LogP) is 1.20. The van der Waals surface area contributed by atoms with Crippen LogP contribution in [0.3, 0.4) is 0 Å². The van der Waals surface area contributed by atoms with Crippen LogP contribution in [0.4, 0.5) is 0 Å². The maximum Gasteiger partial charge on any atom is 0.304 e. The molecule has 0 bridgehead atoms. The molecular weight excluding hydrogens is 206 g/mol. The van der Waals surface area contributed by atoms with Crippen LogP contribution in [0.2, 0.25) is 0 Å². The van der Waals surface area contributed by atoms with E-state index in [4.69, 9.17) is 10.8 Å². The van der Waals surface area contributed by atoms with Gasteiger partial charge in [-0.1, -0.05) is 0 Å². The fourth-order valence-electron chi connectivity index (χ4n) is 1.72. The van der Waals surface area contributed by atoms with Gasteiger partial charge in [0.25, 0.3) is 0 Å². The Bertz CT molecular complexity index is 366. The van der Waals surface area contributed by atoms with Crippen LogP contribution < -0.4 is 5.73 Å². The van der Waals surface area contributed by atoms with Gasteiger partial charge in [-0.05, 0) is 26.3 Å². The van der Waals surface area contributed by atoms with Crippen LogP contribution in [0.1, 0.15) is 38.7 Å². The molecule has 1 atom stereocenters. The molecule has 1 aromatic heterocycles. The molecule has 0 aliphatic rings. The average Bonchev–Trinajstić information content (AvgIpc) is 2.60. The molecule has 0 spiro atoms. The molecule has 0 aliphatic heterocycles. The zero-order valence-electron chi connectivity index (χ0n) is 9.97.